The fraction of sp³-hybridized carbons (Fsp3) is 0.706. The highest BCUT2D eigenvalue weighted by Gasteiger charge is 2.43. The topological polar surface area (TPSA) is 57.5 Å². The molecule has 0 aliphatic heterocycles. The van der Waals surface area contributed by atoms with E-state index in [0.717, 1.165) is 37.5 Å². The van der Waals surface area contributed by atoms with E-state index in [0.29, 0.717) is 17.8 Å². The van der Waals surface area contributed by atoms with Crippen LogP contribution >= 0.6 is 0 Å². The minimum Gasteiger partial charge on any atom is -0.392 e. The van der Waals surface area contributed by atoms with E-state index in [1.807, 2.05) is 18.2 Å². The van der Waals surface area contributed by atoms with Gasteiger partial charge >= 0.3 is 0 Å². The molecule has 0 heterocycles. The molecule has 3 aliphatic rings. The van der Waals surface area contributed by atoms with E-state index in [1.54, 1.807) is 0 Å². The molecule has 0 spiro atoms. The maximum absolute atomic E-state index is 10.9. The molecule has 20 heavy (non-hydrogen) atoms. The molecule has 0 unspecified atom stereocenters. The van der Waals surface area contributed by atoms with Crippen molar-refractivity contribution in [2.75, 3.05) is 0 Å². The zero-order chi connectivity index (χ0) is 14.1. The van der Waals surface area contributed by atoms with Gasteiger partial charge in [0.15, 0.2) is 0 Å². The van der Waals surface area contributed by atoms with Gasteiger partial charge in [0.1, 0.15) is 6.29 Å². The fourth-order valence-corrected chi connectivity index (χ4v) is 4.33. The third-order valence-electron chi connectivity index (χ3n) is 5.47. The number of carbonyl (C=O) groups is 1. The molecular weight excluding hydrogens is 252 g/mol. The molecular formula is C17H24O3. The van der Waals surface area contributed by atoms with Crippen molar-refractivity contribution in [1.29, 1.82) is 0 Å². The van der Waals surface area contributed by atoms with Crippen LogP contribution in [0.4, 0.5) is 0 Å². The number of carbonyl (C=O) groups excluding carboxylic acids is 1. The molecule has 2 fully saturated rings. The standard InChI is InChI=1S/C17H24O3/c18-10-11-7-13-9-17(20)14(15(13)8-11)5-6-16(19)12-3-1-2-4-12/h5-7,10,12-17,19-20H,1-4,8-9H2/b6-5-/t13-,14-,15-,16+,17+/m0/s1. The molecule has 0 bridgehead atoms. The lowest BCUT2D eigenvalue weighted by atomic mass is 9.88. The van der Waals surface area contributed by atoms with Crippen molar-refractivity contribution in [3.05, 3.63) is 23.8 Å². The van der Waals surface area contributed by atoms with Crippen molar-refractivity contribution < 1.29 is 15.0 Å². The van der Waals surface area contributed by atoms with E-state index in [9.17, 15) is 15.0 Å². The molecule has 0 aromatic rings. The molecule has 2 saturated carbocycles. The van der Waals surface area contributed by atoms with Gasteiger partial charge in [-0.2, -0.15) is 0 Å². The van der Waals surface area contributed by atoms with Gasteiger partial charge in [0.2, 0.25) is 0 Å². The van der Waals surface area contributed by atoms with Crippen LogP contribution in [-0.2, 0) is 4.79 Å². The Morgan fingerprint density at radius 1 is 1.30 bits per heavy atom. The Labute approximate surface area is 120 Å². The molecule has 2 N–H and O–H groups in total. The van der Waals surface area contributed by atoms with Crippen molar-refractivity contribution in [1.82, 2.24) is 0 Å². The molecule has 3 heteroatoms. The molecule has 0 radical (unpaired) electrons. The fourth-order valence-electron chi connectivity index (χ4n) is 4.33. The Kier molecular flexibility index (Phi) is 4.08. The second-order valence-electron chi connectivity index (χ2n) is 6.69. The van der Waals surface area contributed by atoms with Gasteiger partial charge in [0.05, 0.1) is 12.2 Å². The minimum atomic E-state index is -0.372. The van der Waals surface area contributed by atoms with Gasteiger partial charge in [0, 0.05) is 5.92 Å². The van der Waals surface area contributed by atoms with Crippen LogP contribution in [0.25, 0.3) is 0 Å². The number of allylic oxidation sites excluding steroid dienone is 2. The zero-order valence-corrected chi connectivity index (χ0v) is 11.8. The second kappa shape index (κ2) is 5.82. The number of rotatable bonds is 4. The first-order chi connectivity index (χ1) is 9.69. The van der Waals surface area contributed by atoms with Crippen LogP contribution in [0, 0.1) is 23.7 Å². The Hall–Kier alpha value is -0.930. The summed E-state index contributed by atoms with van der Waals surface area (Å²) in [4.78, 5) is 10.9. The lowest BCUT2D eigenvalue weighted by molar-refractivity contribution is -0.105. The van der Waals surface area contributed by atoms with Gasteiger partial charge in [0.25, 0.3) is 0 Å². The van der Waals surface area contributed by atoms with Gasteiger partial charge in [-0.1, -0.05) is 31.1 Å². The predicted molar refractivity (Wildman–Crippen MR) is 77.0 cm³/mol. The number of hydrogen-bond donors (Lipinski definition) is 2. The first-order valence-electron chi connectivity index (χ1n) is 7.89. The molecule has 3 rings (SSSR count). The quantitative estimate of drug-likeness (QED) is 0.611. The van der Waals surface area contributed by atoms with Crippen LogP contribution in [0.3, 0.4) is 0 Å². The van der Waals surface area contributed by atoms with Gasteiger partial charge < -0.3 is 10.2 Å². The summed E-state index contributed by atoms with van der Waals surface area (Å²) in [5.41, 5.74) is 0.877. The van der Waals surface area contributed by atoms with Gasteiger partial charge in [-0.25, -0.2) is 0 Å². The third kappa shape index (κ3) is 2.61. The summed E-state index contributed by atoms with van der Waals surface area (Å²) in [6.45, 7) is 0. The number of hydrogen-bond acceptors (Lipinski definition) is 3. The van der Waals surface area contributed by atoms with Crippen molar-refractivity contribution in [2.45, 2.75) is 50.7 Å². The molecule has 0 amide bonds. The SMILES string of the molecule is O=CC1=C[C@H]2C[C@@H](O)[C@@H](/C=C\[C@@H](O)C3CCCC3)[C@H]2C1. The lowest BCUT2D eigenvalue weighted by Crippen LogP contribution is -2.20. The predicted octanol–water partition coefficient (Wildman–Crippen LogP) is 2.24. The summed E-state index contributed by atoms with van der Waals surface area (Å²) in [7, 11) is 0. The maximum atomic E-state index is 10.9. The smallest absolute Gasteiger partial charge is 0.145 e. The van der Waals surface area contributed by atoms with Crippen molar-refractivity contribution >= 4 is 6.29 Å². The molecule has 0 aromatic heterocycles. The van der Waals surface area contributed by atoms with Crippen LogP contribution in [-0.4, -0.2) is 28.7 Å². The molecule has 0 aromatic carbocycles. The maximum Gasteiger partial charge on any atom is 0.145 e. The normalized spacial score (nSPS) is 39.2. The monoisotopic (exact) mass is 276 g/mol. The highest BCUT2D eigenvalue weighted by molar-refractivity contribution is 5.74. The Balaban J connectivity index is 1.63. The van der Waals surface area contributed by atoms with Gasteiger partial charge in [-0.15, -0.1) is 0 Å². The van der Waals surface area contributed by atoms with Crippen LogP contribution in [0.15, 0.2) is 23.8 Å². The van der Waals surface area contributed by atoms with E-state index in [-0.39, 0.29) is 18.1 Å². The summed E-state index contributed by atoms with van der Waals surface area (Å²) >= 11 is 0. The van der Waals surface area contributed by atoms with E-state index in [2.05, 4.69) is 0 Å². The summed E-state index contributed by atoms with van der Waals surface area (Å²) in [5.74, 6) is 1.17. The van der Waals surface area contributed by atoms with Gasteiger partial charge in [-0.3, -0.25) is 4.79 Å². The van der Waals surface area contributed by atoms with Crippen molar-refractivity contribution in [2.24, 2.45) is 23.7 Å². The average molecular weight is 276 g/mol. The van der Waals surface area contributed by atoms with Gasteiger partial charge in [-0.05, 0) is 49.0 Å². The first-order valence-corrected chi connectivity index (χ1v) is 7.89. The summed E-state index contributed by atoms with van der Waals surface area (Å²) < 4.78 is 0. The van der Waals surface area contributed by atoms with Crippen molar-refractivity contribution in [3.63, 3.8) is 0 Å². The highest BCUT2D eigenvalue weighted by atomic mass is 16.3. The first kappa shape index (κ1) is 14.0. The Morgan fingerprint density at radius 3 is 2.75 bits per heavy atom. The molecule has 3 nitrogen and oxygen atoms in total. The number of aldehydes is 1. The summed E-state index contributed by atoms with van der Waals surface area (Å²) in [5, 5.41) is 20.4. The number of aliphatic hydroxyl groups is 2. The Bertz CT molecular complexity index is 420. The van der Waals surface area contributed by atoms with Crippen LogP contribution in [0.2, 0.25) is 0 Å². The largest absolute Gasteiger partial charge is 0.392 e. The zero-order valence-electron chi connectivity index (χ0n) is 11.8. The van der Waals surface area contributed by atoms with Crippen molar-refractivity contribution in [3.8, 4) is 0 Å². The lowest BCUT2D eigenvalue weighted by Gasteiger charge is -2.19. The number of aliphatic hydroxyl groups excluding tert-OH is 2. The average Bonchev–Trinajstić information content (AvgIpc) is 3.12. The van der Waals surface area contributed by atoms with Crippen LogP contribution in [0.5, 0.6) is 0 Å². The summed E-state index contributed by atoms with van der Waals surface area (Å²) in [6.07, 6.45) is 12.4. The minimum absolute atomic E-state index is 0.0877. The summed E-state index contributed by atoms with van der Waals surface area (Å²) in [6, 6.07) is 0. The van der Waals surface area contributed by atoms with Crippen LogP contribution in [0.1, 0.15) is 38.5 Å². The van der Waals surface area contributed by atoms with E-state index < -0.39 is 0 Å². The highest BCUT2D eigenvalue weighted by Crippen LogP contribution is 2.47. The van der Waals surface area contributed by atoms with E-state index in [1.165, 1.54) is 12.8 Å². The third-order valence-corrected chi connectivity index (χ3v) is 5.47. The Morgan fingerprint density at radius 2 is 2.05 bits per heavy atom. The molecule has 5 atom stereocenters. The molecule has 110 valence electrons. The second-order valence-corrected chi connectivity index (χ2v) is 6.69. The molecule has 3 aliphatic carbocycles. The van der Waals surface area contributed by atoms with E-state index in [4.69, 9.17) is 0 Å². The van der Waals surface area contributed by atoms with E-state index >= 15 is 0 Å². The van der Waals surface area contributed by atoms with Crippen LogP contribution < -0.4 is 0 Å². The number of fused-ring (bicyclic) bond motifs is 1. The molecule has 0 saturated heterocycles.